The molecular formula is C15H16N2O4. The lowest BCUT2D eigenvalue weighted by Crippen LogP contribution is -2.22. The highest BCUT2D eigenvalue weighted by Crippen LogP contribution is 2.03. The minimum atomic E-state index is -0.644. The summed E-state index contributed by atoms with van der Waals surface area (Å²) in [5.74, 6) is -0.644. The van der Waals surface area contributed by atoms with Gasteiger partial charge in [0.1, 0.15) is 5.56 Å². The Morgan fingerprint density at radius 3 is 2.81 bits per heavy atom. The van der Waals surface area contributed by atoms with Crippen LogP contribution < -0.4 is 11.1 Å². The fourth-order valence-corrected chi connectivity index (χ4v) is 1.95. The van der Waals surface area contributed by atoms with E-state index in [1.165, 1.54) is 16.8 Å². The Morgan fingerprint density at radius 2 is 2.10 bits per heavy atom. The lowest BCUT2D eigenvalue weighted by Gasteiger charge is -2.07. The lowest BCUT2D eigenvalue weighted by atomic mass is 10.1. The molecule has 2 rings (SSSR count). The number of nitrogens with one attached hydrogen (secondary N) is 1. The molecule has 0 radical (unpaired) electrons. The van der Waals surface area contributed by atoms with Crippen molar-refractivity contribution in [2.45, 2.75) is 19.9 Å². The first-order valence-electron chi connectivity index (χ1n) is 6.60. The molecule has 0 fully saturated rings. The van der Waals surface area contributed by atoms with Gasteiger partial charge in [-0.25, -0.2) is 4.79 Å². The molecule has 0 saturated heterocycles. The van der Waals surface area contributed by atoms with Gasteiger partial charge in [0.2, 0.25) is 5.56 Å². The third kappa shape index (κ3) is 3.68. The zero-order chi connectivity index (χ0) is 15.2. The SMILES string of the molecule is Cc1cc[nH]c(=O)c1C(=O)OCCCn1ccccc1=O. The molecule has 0 aromatic carbocycles. The van der Waals surface area contributed by atoms with Gasteiger partial charge in [0, 0.05) is 25.0 Å². The fourth-order valence-electron chi connectivity index (χ4n) is 1.95. The Balaban J connectivity index is 1.90. The third-order valence-corrected chi connectivity index (χ3v) is 3.05. The van der Waals surface area contributed by atoms with E-state index >= 15 is 0 Å². The number of ether oxygens (including phenoxy) is 1. The van der Waals surface area contributed by atoms with Crippen molar-refractivity contribution in [1.82, 2.24) is 9.55 Å². The first kappa shape index (κ1) is 14.8. The van der Waals surface area contributed by atoms with Crippen LogP contribution in [0.2, 0.25) is 0 Å². The van der Waals surface area contributed by atoms with Gasteiger partial charge in [-0.3, -0.25) is 9.59 Å². The number of pyridine rings is 2. The van der Waals surface area contributed by atoms with Crippen LogP contribution in [0.15, 0.2) is 46.2 Å². The predicted molar refractivity (Wildman–Crippen MR) is 77.4 cm³/mol. The number of esters is 1. The van der Waals surface area contributed by atoms with Gasteiger partial charge < -0.3 is 14.3 Å². The molecule has 0 bridgehead atoms. The largest absolute Gasteiger partial charge is 0.462 e. The van der Waals surface area contributed by atoms with Crippen molar-refractivity contribution in [1.29, 1.82) is 0 Å². The van der Waals surface area contributed by atoms with Crippen molar-refractivity contribution in [2.24, 2.45) is 0 Å². The molecule has 2 aromatic rings. The maximum Gasteiger partial charge on any atom is 0.344 e. The van der Waals surface area contributed by atoms with Crippen LogP contribution in [0.1, 0.15) is 22.3 Å². The molecule has 6 heteroatoms. The second kappa shape index (κ2) is 6.69. The molecule has 0 aliphatic heterocycles. The van der Waals surface area contributed by atoms with Gasteiger partial charge in [-0.1, -0.05) is 6.07 Å². The second-order valence-electron chi connectivity index (χ2n) is 4.59. The normalized spacial score (nSPS) is 10.3. The van der Waals surface area contributed by atoms with Gasteiger partial charge in [0.05, 0.1) is 6.61 Å². The molecule has 0 aliphatic rings. The molecular weight excluding hydrogens is 272 g/mol. The predicted octanol–water partition coefficient (Wildman–Crippen LogP) is 1.09. The van der Waals surface area contributed by atoms with E-state index in [-0.39, 0.29) is 17.7 Å². The Kier molecular flexibility index (Phi) is 4.71. The Hall–Kier alpha value is -2.63. The van der Waals surface area contributed by atoms with Gasteiger partial charge in [-0.15, -0.1) is 0 Å². The van der Waals surface area contributed by atoms with Gasteiger partial charge in [-0.05, 0) is 31.0 Å². The van der Waals surface area contributed by atoms with E-state index in [1.54, 1.807) is 31.3 Å². The maximum atomic E-state index is 11.9. The summed E-state index contributed by atoms with van der Waals surface area (Å²) in [4.78, 5) is 37.3. The minimum Gasteiger partial charge on any atom is -0.462 e. The number of carbonyl (C=O) groups is 1. The van der Waals surface area contributed by atoms with E-state index in [4.69, 9.17) is 4.74 Å². The summed E-state index contributed by atoms with van der Waals surface area (Å²) in [5.41, 5.74) is 0.0378. The zero-order valence-electron chi connectivity index (χ0n) is 11.7. The maximum absolute atomic E-state index is 11.9. The molecule has 110 valence electrons. The van der Waals surface area contributed by atoms with Crippen molar-refractivity contribution >= 4 is 5.97 Å². The lowest BCUT2D eigenvalue weighted by molar-refractivity contribution is 0.0492. The molecule has 0 saturated carbocycles. The number of aryl methyl sites for hydroxylation is 2. The van der Waals surface area contributed by atoms with E-state index < -0.39 is 11.5 Å². The van der Waals surface area contributed by atoms with Crippen LogP contribution in [0.25, 0.3) is 0 Å². The summed E-state index contributed by atoms with van der Waals surface area (Å²) in [6, 6.07) is 6.55. The minimum absolute atomic E-state index is 0.0226. The molecule has 0 amide bonds. The highest BCUT2D eigenvalue weighted by atomic mass is 16.5. The Bertz CT molecular complexity index is 746. The molecule has 1 N–H and O–H groups in total. The van der Waals surface area contributed by atoms with Crippen molar-refractivity contribution in [2.75, 3.05) is 6.61 Å². The van der Waals surface area contributed by atoms with Crippen LogP contribution in [0.4, 0.5) is 0 Å². The number of carbonyl (C=O) groups excluding carboxylic acids is 1. The summed E-state index contributed by atoms with van der Waals surface area (Å²) >= 11 is 0. The van der Waals surface area contributed by atoms with Crippen LogP contribution in [-0.4, -0.2) is 22.1 Å². The number of aromatic amines is 1. The summed E-state index contributed by atoms with van der Waals surface area (Å²) in [5, 5.41) is 0. The highest BCUT2D eigenvalue weighted by Gasteiger charge is 2.14. The van der Waals surface area contributed by atoms with Gasteiger partial charge in [-0.2, -0.15) is 0 Å². The Labute approximate surface area is 121 Å². The van der Waals surface area contributed by atoms with Crippen LogP contribution in [-0.2, 0) is 11.3 Å². The number of nitrogens with zero attached hydrogens (tertiary/aromatic N) is 1. The average Bonchev–Trinajstić information content (AvgIpc) is 2.45. The van der Waals surface area contributed by atoms with E-state index in [0.29, 0.717) is 18.5 Å². The average molecular weight is 288 g/mol. The van der Waals surface area contributed by atoms with Gasteiger partial charge >= 0.3 is 5.97 Å². The Morgan fingerprint density at radius 1 is 1.29 bits per heavy atom. The number of rotatable bonds is 5. The van der Waals surface area contributed by atoms with Crippen LogP contribution in [0.3, 0.4) is 0 Å². The van der Waals surface area contributed by atoms with Crippen molar-refractivity contribution in [3.8, 4) is 0 Å². The highest BCUT2D eigenvalue weighted by molar-refractivity contribution is 5.90. The molecule has 0 spiro atoms. The summed E-state index contributed by atoms with van der Waals surface area (Å²) in [6.07, 6.45) is 3.66. The molecule has 0 unspecified atom stereocenters. The molecule has 2 aromatic heterocycles. The number of hydrogen-bond donors (Lipinski definition) is 1. The summed E-state index contributed by atoms with van der Waals surface area (Å²) < 4.78 is 6.61. The number of H-pyrrole nitrogens is 1. The van der Waals surface area contributed by atoms with E-state index in [9.17, 15) is 14.4 Å². The first-order valence-corrected chi connectivity index (χ1v) is 6.60. The van der Waals surface area contributed by atoms with E-state index in [2.05, 4.69) is 4.98 Å². The third-order valence-electron chi connectivity index (χ3n) is 3.05. The van der Waals surface area contributed by atoms with Crippen molar-refractivity contribution in [3.63, 3.8) is 0 Å². The zero-order valence-corrected chi connectivity index (χ0v) is 11.7. The smallest absolute Gasteiger partial charge is 0.344 e. The van der Waals surface area contributed by atoms with Crippen LogP contribution >= 0.6 is 0 Å². The number of hydrogen-bond acceptors (Lipinski definition) is 4. The molecule has 6 nitrogen and oxygen atoms in total. The van der Waals surface area contributed by atoms with Gasteiger partial charge in [0.25, 0.3) is 5.56 Å². The fraction of sp³-hybridized carbons (Fsp3) is 0.267. The monoisotopic (exact) mass is 288 g/mol. The standard InChI is InChI=1S/C15H16N2O4/c1-11-6-7-16-14(19)13(11)15(20)21-10-4-9-17-8-3-2-5-12(17)18/h2-3,5-8H,4,9-10H2,1H3,(H,16,19). The topological polar surface area (TPSA) is 81.2 Å². The van der Waals surface area contributed by atoms with E-state index in [1.807, 2.05) is 0 Å². The molecule has 0 atom stereocenters. The number of aromatic nitrogens is 2. The van der Waals surface area contributed by atoms with E-state index in [0.717, 1.165) is 0 Å². The van der Waals surface area contributed by atoms with Gasteiger partial charge in [0.15, 0.2) is 0 Å². The molecule has 21 heavy (non-hydrogen) atoms. The van der Waals surface area contributed by atoms with Crippen LogP contribution in [0.5, 0.6) is 0 Å². The molecule has 0 aliphatic carbocycles. The van der Waals surface area contributed by atoms with Crippen molar-refractivity contribution < 1.29 is 9.53 Å². The quantitative estimate of drug-likeness (QED) is 0.659. The summed E-state index contributed by atoms with van der Waals surface area (Å²) in [6.45, 7) is 2.28. The molecule has 2 heterocycles. The van der Waals surface area contributed by atoms with Crippen LogP contribution in [0, 0.1) is 6.92 Å². The van der Waals surface area contributed by atoms with Crippen molar-refractivity contribution in [3.05, 3.63) is 68.5 Å². The first-order chi connectivity index (χ1) is 10.1. The summed E-state index contributed by atoms with van der Waals surface area (Å²) in [7, 11) is 0. The second-order valence-corrected chi connectivity index (χ2v) is 4.59.